The Balaban J connectivity index is 2.03. The Labute approximate surface area is 120 Å². The normalized spacial score (nSPS) is 20.8. The van der Waals surface area contributed by atoms with Gasteiger partial charge in [0, 0.05) is 13.1 Å². The summed E-state index contributed by atoms with van der Waals surface area (Å²) in [7, 11) is -0.420. The lowest BCUT2D eigenvalue weighted by Gasteiger charge is -2.27. The Bertz CT molecular complexity index is 663. The minimum Gasteiger partial charge on any atom is -0.274 e. The quantitative estimate of drug-likeness (QED) is 0.850. The molecule has 6 heteroatoms. The average molecular weight is 288 g/mol. The number of amides is 1. The van der Waals surface area contributed by atoms with E-state index >= 15 is 0 Å². The van der Waals surface area contributed by atoms with E-state index in [0.717, 1.165) is 17.0 Å². The fraction of sp³-hybridized carbons (Fsp3) is 0.214. The summed E-state index contributed by atoms with van der Waals surface area (Å²) in [5.41, 5.74) is 6.02. The molecule has 0 saturated heterocycles. The molecule has 0 fully saturated rings. The van der Waals surface area contributed by atoms with Crippen LogP contribution in [0, 0.1) is 0 Å². The molecule has 0 bridgehead atoms. The summed E-state index contributed by atoms with van der Waals surface area (Å²) < 4.78 is 3.81. The Morgan fingerprint density at radius 1 is 1.25 bits per heavy atom. The van der Waals surface area contributed by atoms with Crippen molar-refractivity contribution < 1.29 is 4.79 Å². The lowest BCUT2D eigenvalue weighted by atomic mass is 10.2. The Morgan fingerprint density at radius 3 is 2.60 bits per heavy atom. The smallest absolute Gasteiger partial charge is 0.236 e. The van der Waals surface area contributed by atoms with Crippen LogP contribution in [-0.4, -0.2) is 20.9 Å². The molecule has 2 heterocycles. The van der Waals surface area contributed by atoms with Crippen molar-refractivity contribution in [3.05, 3.63) is 42.1 Å². The van der Waals surface area contributed by atoms with Crippen molar-refractivity contribution >= 4 is 33.0 Å². The standard InChI is InChI=1S/C14H16N4OS/c1-10-9-17(16-12(3)19)20-14(10)11(2)15-18(20)13-7-5-4-6-8-13/h4-9H,1-3H3,(H,16,19). The minimum atomic E-state index is -0.420. The predicted octanol–water partition coefficient (Wildman–Crippen LogP) is 2.42. The zero-order chi connectivity index (χ0) is 14.3. The van der Waals surface area contributed by atoms with Crippen LogP contribution in [-0.2, 0) is 4.79 Å². The molecule has 2 aliphatic rings. The number of nitrogens with one attached hydrogen (secondary N) is 1. The lowest BCUT2D eigenvalue weighted by molar-refractivity contribution is -0.121. The number of hydrogen-bond acceptors (Lipinski definition) is 4. The molecular formula is C14H16N4OS. The summed E-state index contributed by atoms with van der Waals surface area (Å²) in [5.74, 6) is -0.0830. The predicted molar refractivity (Wildman–Crippen MR) is 84.0 cm³/mol. The number of hydrogen-bond donors (Lipinski definition) is 1. The molecule has 1 unspecified atom stereocenters. The molecule has 5 nitrogen and oxygen atoms in total. The summed E-state index contributed by atoms with van der Waals surface area (Å²) in [6, 6.07) is 9.99. The van der Waals surface area contributed by atoms with E-state index in [4.69, 9.17) is 0 Å². The van der Waals surface area contributed by atoms with E-state index in [1.807, 2.05) is 59.2 Å². The third kappa shape index (κ3) is 2.02. The van der Waals surface area contributed by atoms with Gasteiger partial charge in [-0.1, -0.05) is 18.2 Å². The second-order valence-corrected chi connectivity index (χ2v) is 6.37. The van der Waals surface area contributed by atoms with Crippen LogP contribution in [0.4, 0.5) is 5.69 Å². The molecular weight excluding hydrogens is 272 g/mol. The fourth-order valence-corrected chi connectivity index (χ4v) is 4.45. The van der Waals surface area contributed by atoms with E-state index in [9.17, 15) is 4.79 Å². The van der Waals surface area contributed by atoms with Crippen molar-refractivity contribution in [2.24, 2.45) is 5.10 Å². The topological polar surface area (TPSA) is 47.9 Å². The van der Waals surface area contributed by atoms with Crippen LogP contribution in [0.1, 0.15) is 20.8 Å². The van der Waals surface area contributed by atoms with Gasteiger partial charge < -0.3 is 0 Å². The van der Waals surface area contributed by atoms with Crippen LogP contribution in [0.15, 0.2) is 47.2 Å². The molecule has 0 aromatic heterocycles. The average Bonchev–Trinajstić information content (AvgIpc) is 2.91. The minimum absolute atomic E-state index is 0.0830. The first-order chi connectivity index (χ1) is 9.58. The number of carbonyl (C=O) groups is 1. The molecule has 0 saturated carbocycles. The molecule has 1 atom stereocenters. The Kier molecular flexibility index (Phi) is 3.10. The van der Waals surface area contributed by atoms with Crippen molar-refractivity contribution in [2.45, 2.75) is 20.8 Å². The number of hydrazine groups is 1. The van der Waals surface area contributed by atoms with Crippen molar-refractivity contribution in [1.29, 1.82) is 0 Å². The van der Waals surface area contributed by atoms with Crippen molar-refractivity contribution in [3.63, 3.8) is 0 Å². The van der Waals surface area contributed by atoms with Crippen LogP contribution >= 0.6 is 10.9 Å². The maximum atomic E-state index is 11.4. The fourth-order valence-electron chi connectivity index (χ4n) is 2.28. The molecule has 1 aromatic rings. The van der Waals surface area contributed by atoms with Gasteiger partial charge in [0.15, 0.2) is 0 Å². The zero-order valence-corrected chi connectivity index (χ0v) is 12.4. The number of nitrogens with zero attached hydrogens (tertiary/aromatic N) is 3. The van der Waals surface area contributed by atoms with E-state index in [0.29, 0.717) is 0 Å². The van der Waals surface area contributed by atoms with E-state index in [-0.39, 0.29) is 5.91 Å². The van der Waals surface area contributed by atoms with E-state index in [1.54, 1.807) is 0 Å². The zero-order valence-electron chi connectivity index (χ0n) is 11.6. The van der Waals surface area contributed by atoms with Crippen LogP contribution in [0.2, 0.25) is 0 Å². The molecule has 0 radical (unpaired) electrons. The first kappa shape index (κ1) is 12.9. The van der Waals surface area contributed by atoms with Crippen LogP contribution in [0.5, 0.6) is 0 Å². The summed E-state index contributed by atoms with van der Waals surface area (Å²) >= 11 is 0. The highest BCUT2D eigenvalue weighted by Crippen LogP contribution is 2.41. The number of allylic oxidation sites excluding steroid dienone is 1. The molecule has 0 spiro atoms. The number of para-hydroxylation sites is 1. The summed E-state index contributed by atoms with van der Waals surface area (Å²) in [4.78, 5) is 12.6. The molecule has 1 aromatic carbocycles. The van der Waals surface area contributed by atoms with Gasteiger partial charge in [0.1, 0.15) is 0 Å². The first-order valence-electron chi connectivity index (χ1n) is 6.35. The maximum Gasteiger partial charge on any atom is 0.236 e. The number of benzene rings is 1. The molecule has 3 rings (SSSR count). The van der Waals surface area contributed by atoms with Gasteiger partial charge in [-0.15, -0.1) is 0 Å². The van der Waals surface area contributed by atoms with Crippen molar-refractivity contribution in [3.8, 4) is 0 Å². The summed E-state index contributed by atoms with van der Waals surface area (Å²) in [5, 5.41) is 4.64. The van der Waals surface area contributed by atoms with Crippen LogP contribution < -0.4 is 9.84 Å². The lowest BCUT2D eigenvalue weighted by Crippen LogP contribution is -2.34. The summed E-state index contributed by atoms with van der Waals surface area (Å²) in [6.07, 6.45) is 1.97. The van der Waals surface area contributed by atoms with Gasteiger partial charge in [-0.3, -0.25) is 10.2 Å². The van der Waals surface area contributed by atoms with E-state index in [2.05, 4.69) is 10.5 Å². The molecule has 2 aliphatic heterocycles. The van der Waals surface area contributed by atoms with E-state index < -0.39 is 10.9 Å². The van der Waals surface area contributed by atoms with Gasteiger partial charge in [0.05, 0.1) is 27.1 Å². The number of anilines is 1. The SMILES string of the molecule is CC(=O)NN1C=C(C)C2=S1N(c1ccccc1)N=C2C. The van der Waals surface area contributed by atoms with Gasteiger partial charge >= 0.3 is 0 Å². The Morgan fingerprint density at radius 2 is 1.95 bits per heavy atom. The van der Waals surface area contributed by atoms with Gasteiger partial charge in [-0.2, -0.15) is 9.52 Å². The van der Waals surface area contributed by atoms with Gasteiger partial charge in [0.25, 0.3) is 0 Å². The number of carbonyl (C=O) groups excluding carboxylic acids is 1. The third-order valence-electron chi connectivity index (χ3n) is 3.02. The monoisotopic (exact) mass is 288 g/mol. The second-order valence-electron chi connectivity index (χ2n) is 4.69. The highest BCUT2D eigenvalue weighted by molar-refractivity contribution is 8.17. The molecule has 0 aliphatic carbocycles. The first-order valence-corrected chi connectivity index (χ1v) is 7.49. The van der Waals surface area contributed by atoms with Crippen LogP contribution in [0.25, 0.3) is 0 Å². The molecule has 1 N–H and O–H groups in total. The van der Waals surface area contributed by atoms with Gasteiger partial charge in [-0.25, -0.2) is 4.41 Å². The summed E-state index contributed by atoms with van der Waals surface area (Å²) in [6.45, 7) is 5.57. The molecule has 20 heavy (non-hydrogen) atoms. The van der Waals surface area contributed by atoms with E-state index in [1.165, 1.54) is 11.8 Å². The highest BCUT2D eigenvalue weighted by Gasteiger charge is 2.33. The maximum absolute atomic E-state index is 11.4. The largest absolute Gasteiger partial charge is 0.274 e. The second kappa shape index (κ2) is 4.79. The van der Waals surface area contributed by atoms with Gasteiger partial charge in [0.2, 0.25) is 5.91 Å². The number of rotatable bonds is 2. The third-order valence-corrected chi connectivity index (χ3v) is 5.19. The highest BCUT2D eigenvalue weighted by atomic mass is 32.2. The van der Waals surface area contributed by atoms with Crippen molar-refractivity contribution in [1.82, 2.24) is 9.84 Å². The molecule has 104 valence electrons. The van der Waals surface area contributed by atoms with Gasteiger partial charge in [-0.05, 0) is 31.6 Å². The Hall–Kier alpha value is -2.08. The molecule has 1 amide bonds. The van der Waals surface area contributed by atoms with Crippen molar-refractivity contribution in [2.75, 3.05) is 4.41 Å². The van der Waals surface area contributed by atoms with Crippen LogP contribution in [0.3, 0.4) is 0 Å². The number of hydrazone groups is 1.